The highest BCUT2D eigenvalue weighted by molar-refractivity contribution is 6.33. The van der Waals surface area contributed by atoms with Crippen LogP contribution < -0.4 is 11.3 Å². The topological polar surface area (TPSA) is 91.6 Å². The Morgan fingerprint density at radius 1 is 1.50 bits per heavy atom. The summed E-state index contributed by atoms with van der Waals surface area (Å²) in [5, 5.41) is 0.261. The highest BCUT2D eigenvalue weighted by atomic mass is 35.5. The van der Waals surface area contributed by atoms with E-state index in [-0.39, 0.29) is 23.4 Å². The number of carbonyl (C=O) groups is 2. The number of nitrogens with one attached hydrogen (secondary N) is 1. The first-order valence-electron chi connectivity index (χ1n) is 6.18. The van der Waals surface area contributed by atoms with Crippen LogP contribution in [0.5, 0.6) is 0 Å². The first-order valence-corrected chi connectivity index (χ1v) is 6.56. The van der Waals surface area contributed by atoms with Gasteiger partial charge in [0.05, 0.1) is 10.6 Å². The summed E-state index contributed by atoms with van der Waals surface area (Å²) in [5.74, 6) is 5.20. The van der Waals surface area contributed by atoms with Gasteiger partial charge in [-0.1, -0.05) is 11.6 Å². The molecule has 0 unspecified atom stereocenters. The number of halogens is 1. The third-order valence-electron chi connectivity index (χ3n) is 3.19. The summed E-state index contributed by atoms with van der Waals surface area (Å²) in [4.78, 5) is 31.2. The van der Waals surface area contributed by atoms with Gasteiger partial charge in [0, 0.05) is 26.3 Å². The van der Waals surface area contributed by atoms with Crippen LogP contribution in [-0.2, 0) is 4.79 Å². The van der Waals surface area contributed by atoms with E-state index in [2.05, 4.69) is 10.4 Å². The van der Waals surface area contributed by atoms with Gasteiger partial charge in [0.2, 0.25) is 5.91 Å². The zero-order valence-corrected chi connectivity index (χ0v) is 11.9. The number of hydrogen-bond acceptors (Lipinski definition) is 5. The molecular weight excluding hydrogens is 282 g/mol. The Balaban J connectivity index is 2.18. The lowest BCUT2D eigenvalue weighted by atomic mass is 10.2. The number of hydrogen-bond donors (Lipinski definition) is 2. The number of aromatic nitrogens is 1. The van der Waals surface area contributed by atoms with Crippen LogP contribution in [0.1, 0.15) is 16.8 Å². The van der Waals surface area contributed by atoms with E-state index in [1.165, 1.54) is 17.2 Å². The van der Waals surface area contributed by atoms with E-state index in [9.17, 15) is 9.59 Å². The van der Waals surface area contributed by atoms with E-state index in [1.54, 1.807) is 11.9 Å². The molecule has 2 rings (SSSR count). The van der Waals surface area contributed by atoms with Gasteiger partial charge in [0.15, 0.2) is 5.82 Å². The molecule has 1 aromatic rings. The van der Waals surface area contributed by atoms with Crippen molar-refractivity contribution in [2.24, 2.45) is 5.84 Å². The minimum absolute atomic E-state index is 0.0733. The summed E-state index contributed by atoms with van der Waals surface area (Å²) in [5.41, 5.74) is 2.67. The quantitative estimate of drug-likeness (QED) is 0.606. The number of carbonyl (C=O) groups excluding carboxylic acids is 2. The van der Waals surface area contributed by atoms with Gasteiger partial charge in [-0.05, 0) is 12.5 Å². The average Bonchev–Trinajstić information content (AvgIpc) is 2.60. The molecule has 1 aromatic heterocycles. The highest BCUT2D eigenvalue weighted by Gasteiger charge is 2.24. The van der Waals surface area contributed by atoms with Crippen molar-refractivity contribution in [3.05, 3.63) is 22.8 Å². The zero-order chi connectivity index (χ0) is 14.7. The van der Waals surface area contributed by atoms with Gasteiger partial charge in [-0.25, -0.2) is 10.8 Å². The first-order chi connectivity index (χ1) is 9.52. The maximum atomic E-state index is 12.4. The molecule has 7 nitrogen and oxygen atoms in total. The van der Waals surface area contributed by atoms with Crippen molar-refractivity contribution in [3.63, 3.8) is 0 Å². The van der Waals surface area contributed by atoms with Crippen LogP contribution in [0.25, 0.3) is 0 Å². The average molecular weight is 298 g/mol. The van der Waals surface area contributed by atoms with E-state index in [0.717, 1.165) is 6.42 Å². The van der Waals surface area contributed by atoms with E-state index in [1.807, 2.05) is 0 Å². The molecule has 2 heterocycles. The molecule has 0 aromatic carbocycles. The van der Waals surface area contributed by atoms with Crippen molar-refractivity contribution in [3.8, 4) is 0 Å². The monoisotopic (exact) mass is 297 g/mol. The molecule has 0 bridgehead atoms. The third kappa shape index (κ3) is 3.00. The van der Waals surface area contributed by atoms with Gasteiger partial charge in [-0.2, -0.15) is 0 Å². The van der Waals surface area contributed by atoms with Crippen molar-refractivity contribution in [2.45, 2.75) is 6.42 Å². The largest absolute Gasteiger partial charge is 0.344 e. The van der Waals surface area contributed by atoms with Crippen LogP contribution >= 0.6 is 11.6 Å². The van der Waals surface area contributed by atoms with Gasteiger partial charge in [0.1, 0.15) is 6.54 Å². The molecule has 0 spiro atoms. The minimum Gasteiger partial charge on any atom is -0.344 e. The number of rotatable bonds is 2. The molecule has 108 valence electrons. The molecule has 2 amide bonds. The predicted molar refractivity (Wildman–Crippen MR) is 75.2 cm³/mol. The lowest BCUT2D eigenvalue weighted by Crippen LogP contribution is -2.38. The van der Waals surface area contributed by atoms with Crippen molar-refractivity contribution in [1.29, 1.82) is 0 Å². The molecular formula is C12H16ClN5O2. The van der Waals surface area contributed by atoms with Crippen LogP contribution in [0.3, 0.4) is 0 Å². The molecule has 1 aliphatic rings. The Labute approximate surface area is 121 Å². The van der Waals surface area contributed by atoms with Crippen molar-refractivity contribution in [2.75, 3.05) is 32.1 Å². The second kappa shape index (κ2) is 6.06. The lowest BCUT2D eigenvalue weighted by molar-refractivity contribution is -0.129. The molecule has 0 atom stereocenters. The Morgan fingerprint density at radius 2 is 2.25 bits per heavy atom. The number of pyridine rings is 1. The third-order valence-corrected chi connectivity index (χ3v) is 3.47. The standard InChI is InChI=1S/C12H16ClN5O2/c1-17-3-2-4-18(7-10(17)19)12(20)8-5-9(13)11(16-14)15-6-8/h5-6H,2-4,7,14H2,1H3,(H,15,16). The van der Waals surface area contributed by atoms with E-state index < -0.39 is 0 Å². The fourth-order valence-corrected chi connectivity index (χ4v) is 2.22. The number of nitrogens with two attached hydrogens (primary N) is 1. The predicted octanol–water partition coefficient (Wildman–Crippen LogP) is 0.325. The van der Waals surface area contributed by atoms with E-state index in [4.69, 9.17) is 17.4 Å². The Hall–Kier alpha value is -1.86. The van der Waals surface area contributed by atoms with E-state index >= 15 is 0 Å². The van der Waals surface area contributed by atoms with Crippen molar-refractivity contribution >= 4 is 29.2 Å². The van der Waals surface area contributed by atoms with E-state index in [0.29, 0.717) is 24.5 Å². The molecule has 0 aliphatic carbocycles. The fourth-order valence-electron chi connectivity index (χ4n) is 2.00. The second-order valence-electron chi connectivity index (χ2n) is 4.59. The lowest BCUT2D eigenvalue weighted by Gasteiger charge is -2.19. The highest BCUT2D eigenvalue weighted by Crippen LogP contribution is 2.20. The number of nitrogen functional groups attached to an aromatic ring is 1. The summed E-state index contributed by atoms with van der Waals surface area (Å²) in [6.45, 7) is 1.25. The van der Waals surface area contributed by atoms with Gasteiger partial charge in [-0.3, -0.25) is 9.59 Å². The summed E-state index contributed by atoms with van der Waals surface area (Å²) in [6.07, 6.45) is 2.14. The maximum Gasteiger partial charge on any atom is 0.255 e. The number of hydrazine groups is 1. The molecule has 8 heteroatoms. The van der Waals surface area contributed by atoms with Gasteiger partial charge < -0.3 is 15.2 Å². The van der Waals surface area contributed by atoms with Crippen LogP contribution in [0.4, 0.5) is 5.82 Å². The van der Waals surface area contributed by atoms with Crippen LogP contribution in [0.15, 0.2) is 12.3 Å². The molecule has 0 radical (unpaired) electrons. The van der Waals surface area contributed by atoms with Crippen LogP contribution in [0, 0.1) is 0 Å². The summed E-state index contributed by atoms with van der Waals surface area (Å²) < 4.78 is 0. The zero-order valence-electron chi connectivity index (χ0n) is 11.1. The maximum absolute atomic E-state index is 12.4. The normalized spacial score (nSPS) is 16.1. The van der Waals surface area contributed by atoms with Gasteiger partial charge >= 0.3 is 0 Å². The molecule has 3 N–H and O–H groups in total. The van der Waals surface area contributed by atoms with Gasteiger partial charge in [0.25, 0.3) is 5.91 Å². The molecule has 1 aliphatic heterocycles. The first kappa shape index (κ1) is 14.5. The van der Waals surface area contributed by atoms with Gasteiger partial charge in [-0.15, -0.1) is 0 Å². The minimum atomic E-state index is -0.258. The van der Waals surface area contributed by atoms with Crippen LogP contribution in [-0.4, -0.2) is 53.3 Å². The number of nitrogens with zero attached hydrogens (tertiary/aromatic N) is 3. The Kier molecular flexibility index (Phi) is 4.41. The fraction of sp³-hybridized carbons (Fsp3) is 0.417. The van der Waals surface area contributed by atoms with Crippen molar-refractivity contribution < 1.29 is 9.59 Å². The summed E-state index contributed by atoms with van der Waals surface area (Å²) in [7, 11) is 1.73. The Bertz CT molecular complexity index is 537. The SMILES string of the molecule is CN1CCCN(C(=O)c2cnc(NN)c(Cl)c2)CC1=O. The van der Waals surface area contributed by atoms with Crippen molar-refractivity contribution in [1.82, 2.24) is 14.8 Å². The number of likely N-dealkylation sites (N-methyl/N-ethyl adjacent to an activating group) is 1. The number of amides is 2. The molecule has 1 saturated heterocycles. The second-order valence-corrected chi connectivity index (χ2v) is 5.00. The Morgan fingerprint density at radius 3 is 2.90 bits per heavy atom. The van der Waals surface area contributed by atoms with Crippen LogP contribution in [0.2, 0.25) is 5.02 Å². The summed E-state index contributed by atoms with van der Waals surface area (Å²) in [6, 6.07) is 1.49. The molecule has 20 heavy (non-hydrogen) atoms. The molecule has 1 fully saturated rings. The summed E-state index contributed by atoms with van der Waals surface area (Å²) >= 11 is 5.95. The molecule has 0 saturated carbocycles. The smallest absolute Gasteiger partial charge is 0.255 e. The number of anilines is 1.